The van der Waals surface area contributed by atoms with Crippen LogP contribution in [-0.2, 0) is 10.2 Å². The van der Waals surface area contributed by atoms with Gasteiger partial charge in [-0.1, -0.05) is 55.3 Å². The average molecular weight is 339 g/mol. The Kier molecular flexibility index (Phi) is 5.59. The van der Waals surface area contributed by atoms with E-state index in [0.717, 1.165) is 12.8 Å². The van der Waals surface area contributed by atoms with Gasteiger partial charge in [-0.25, -0.2) is 0 Å². The maximum atomic E-state index is 12.3. The summed E-state index contributed by atoms with van der Waals surface area (Å²) in [6.07, 6.45) is 4.65. The van der Waals surface area contributed by atoms with Crippen LogP contribution < -0.4 is 14.8 Å². The predicted octanol–water partition coefficient (Wildman–Crippen LogP) is 3.70. The zero-order valence-corrected chi connectivity index (χ0v) is 14.7. The van der Waals surface area contributed by atoms with Crippen molar-refractivity contribution in [1.29, 1.82) is 0 Å². The quantitative estimate of drug-likeness (QED) is 0.837. The second-order valence-corrected chi connectivity index (χ2v) is 6.57. The number of hydrogen-bond donors (Lipinski definition) is 1. The monoisotopic (exact) mass is 339 g/mol. The van der Waals surface area contributed by atoms with E-state index in [1.807, 2.05) is 24.3 Å². The van der Waals surface area contributed by atoms with Crippen LogP contribution in [-0.4, -0.2) is 26.2 Å². The highest BCUT2D eigenvalue weighted by Gasteiger charge is 2.35. The highest BCUT2D eigenvalue weighted by Crippen LogP contribution is 2.40. The summed E-state index contributed by atoms with van der Waals surface area (Å²) < 4.78 is 10.8. The van der Waals surface area contributed by atoms with Gasteiger partial charge in [-0.2, -0.15) is 0 Å². The summed E-state index contributed by atoms with van der Waals surface area (Å²) in [6.45, 7) is 0.649. The van der Waals surface area contributed by atoms with Crippen molar-refractivity contribution in [2.75, 3.05) is 20.3 Å². The smallest absolute Gasteiger partial charge is 0.257 e. The van der Waals surface area contributed by atoms with Crippen LogP contribution in [0.4, 0.5) is 0 Å². The molecular weight excluding hydrogens is 314 g/mol. The van der Waals surface area contributed by atoms with Crippen molar-refractivity contribution in [3.63, 3.8) is 0 Å². The summed E-state index contributed by atoms with van der Waals surface area (Å²) in [5.41, 5.74) is 1.37. The second kappa shape index (κ2) is 8.06. The maximum absolute atomic E-state index is 12.3. The van der Waals surface area contributed by atoms with E-state index in [9.17, 15) is 4.79 Å². The van der Waals surface area contributed by atoms with Gasteiger partial charge in [-0.05, 0) is 30.5 Å². The lowest BCUT2D eigenvalue weighted by atomic mass is 9.79. The van der Waals surface area contributed by atoms with Gasteiger partial charge in [0.15, 0.2) is 18.1 Å². The minimum atomic E-state index is -0.104. The molecule has 1 saturated carbocycles. The first kappa shape index (κ1) is 17.3. The van der Waals surface area contributed by atoms with Gasteiger partial charge in [-0.3, -0.25) is 4.79 Å². The Labute approximate surface area is 149 Å². The molecule has 132 valence electrons. The molecule has 0 heterocycles. The van der Waals surface area contributed by atoms with Gasteiger partial charge in [0.2, 0.25) is 0 Å². The largest absolute Gasteiger partial charge is 0.493 e. The summed E-state index contributed by atoms with van der Waals surface area (Å²) >= 11 is 0. The molecule has 0 spiro atoms. The molecule has 2 aromatic rings. The van der Waals surface area contributed by atoms with Crippen molar-refractivity contribution in [2.45, 2.75) is 31.1 Å². The molecule has 0 radical (unpaired) electrons. The van der Waals surface area contributed by atoms with E-state index >= 15 is 0 Å². The van der Waals surface area contributed by atoms with Crippen molar-refractivity contribution in [3.8, 4) is 11.5 Å². The van der Waals surface area contributed by atoms with E-state index in [0.29, 0.717) is 18.0 Å². The van der Waals surface area contributed by atoms with E-state index in [-0.39, 0.29) is 17.9 Å². The molecule has 0 atom stereocenters. The van der Waals surface area contributed by atoms with Gasteiger partial charge in [0, 0.05) is 12.0 Å². The summed E-state index contributed by atoms with van der Waals surface area (Å²) in [7, 11) is 1.59. The van der Waals surface area contributed by atoms with Gasteiger partial charge in [0.1, 0.15) is 0 Å². The lowest BCUT2D eigenvalue weighted by Crippen LogP contribution is -2.40. The number of rotatable bonds is 7. The van der Waals surface area contributed by atoms with E-state index in [4.69, 9.17) is 9.47 Å². The SMILES string of the molecule is COc1ccccc1OCC(=O)NCC1(c2ccccc2)CCCC1. The third kappa shape index (κ3) is 4.13. The van der Waals surface area contributed by atoms with Crippen molar-refractivity contribution in [3.05, 3.63) is 60.2 Å². The van der Waals surface area contributed by atoms with Gasteiger partial charge in [-0.15, -0.1) is 0 Å². The van der Waals surface area contributed by atoms with Crippen molar-refractivity contribution >= 4 is 5.91 Å². The van der Waals surface area contributed by atoms with Crippen LogP contribution in [0.3, 0.4) is 0 Å². The molecule has 2 aromatic carbocycles. The first-order valence-electron chi connectivity index (χ1n) is 8.82. The predicted molar refractivity (Wildman–Crippen MR) is 98.1 cm³/mol. The fourth-order valence-corrected chi connectivity index (χ4v) is 3.61. The van der Waals surface area contributed by atoms with E-state index in [1.165, 1.54) is 18.4 Å². The molecular formula is C21H25NO3. The number of methoxy groups -OCH3 is 1. The van der Waals surface area contributed by atoms with Crippen LogP contribution in [0.5, 0.6) is 11.5 Å². The average Bonchev–Trinajstić information content (AvgIpc) is 3.16. The minimum Gasteiger partial charge on any atom is -0.493 e. The molecule has 0 aromatic heterocycles. The minimum absolute atomic E-state index is 0.00869. The standard InChI is InChI=1S/C21H25NO3/c1-24-18-11-5-6-12-19(18)25-15-20(23)22-16-21(13-7-8-14-21)17-9-3-2-4-10-17/h2-6,9-12H,7-8,13-16H2,1H3,(H,22,23). The topological polar surface area (TPSA) is 47.6 Å². The number of ether oxygens (including phenoxy) is 2. The number of carbonyl (C=O) groups is 1. The Morgan fingerprint density at radius 3 is 2.32 bits per heavy atom. The van der Waals surface area contributed by atoms with Gasteiger partial charge in [0.25, 0.3) is 5.91 Å². The summed E-state index contributed by atoms with van der Waals surface area (Å²) in [5.74, 6) is 1.11. The molecule has 1 fully saturated rings. The van der Waals surface area contributed by atoms with Crippen LogP contribution in [0.2, 0.25) is 0 Å². The van der Waals surface area contributed by atoms with Crippen molar-refractivity contribution in [1.82, 2.24) is 5.32 Å². The molecule has 0 saturated heterocycles. The van der Waals surface area contributed by atoms with Crippen LogP contribution in [0.15, 0.2) is 54.6 Å². The fourth-order valence-electron chi connectivity index (χ4n) is 3.61. The third-order valence-corrected chi connectivity index (χ3v) is 5.00. The molecule has 1 aliphatic carbocycles. The summed E-state index contributed by atoms with van der Waals surface area (Å²) in [5, 5.41) is 3.07. The molecule has 0 aliphatic heterocycles. The second-order valence-electron chi connectivity index (χ2n) is 6.57. The summed E-state index contributed by atoms with van der Waals surface area (Å²) in [4.78, 5) is 12.3. The normalized spacial score (nSPS) is 15.6. The number of hydrogen-bond acceptors (Lipinski definition) is 3. The van der Waals surface area contributed by atoms with Crippen LogP contribution in [0.25, 0.3) is 0 Å². The van der Waals surface area contributed by atoms with E-state index in [2.05, 4.69) is 29.6 Å². The molecule has 25 heavy (non-hydrogen) atoms. The Hall–Kier alpha value is -2.49. The van der Waals surface area contributed by atoms with Crippen molar-refractivity contribution < 1.29 is 14.3 Å². The molecule has 1 amide bonds. The molecule has 0 bridgehead atoms. The zero-order valence-electron chi connectivity index (χ0n) is 14.7. The van der Waals surface area contributed by atoms with Crippen LogP contribution in [0.1, 0.15) is 31.2 Å². The van der Waals surface area contributed by atoms with E-state index < -0.39 is 0 Å². The maximum Gasteiger partial charge on any atom is 0.257 e. The third-order valence-electron chi connectivity index (χ3n) is 5.00. The number of nitrogens with one attached hydrogen (secondary N) is 1. The molecule has 3 rings (SSSR count). The fraction of sp³-hybridized carbons (Fsp3) is 0.381. The van der Waals surface area contributed by atoms with Crippen molar-refractivity contribution in [2.24, 2.45) is 0 Å². The molecule has 1 aliphatic rings. The Morgan fingerprint density at radius 2 is 1.64 bits per heavy atom. The number of amides is 1. The number of benzene rings is 2. The van der Waals surface area contributed by atoms with Gasteiger partial charge < -0.3 is 14.8 Å². The van der Waals surface area contributed by atoms with Gasteiger partial charge >= 0.3 is 0 Å². The molecule has 0 unspecified atom stereocenters. The Morgan fingerprint density at radius 1 is 1.00 bits per heavy atom. The van der Waals surface area contributed by atoms with E-state index in [1.54, 1.807) is 13.2 Å². The lowest BCUT2D eigenvalue weighted by Gasteiger charge is -2.30. The lowest BCUT2D eigenvalue weighted by molar-refractivity contribution is -0.123. The number of para-hydroxylation sites is 2. The summed E-state index contributed by atoms with van der Waals surface area (Å²) in [6, 6.07) is 17.9. The Balaban J connectivity index is 1.57. The van der Waals surface area contributed by atoms with Gasteiger partial charge in [0.05, 0.1) is 7.11 Å². The highest BCUT2D eigenvalue weighted by atomic mass is 16.5. The van der Waals surface area contributed by atoms with Crippen LogP contribution in [0, 0.1) is 0 Å². The van der Waals surface area contributed by atoms with Crippen LogP contribution >= 0.6 is 0 Å². The highest BCUT2D eigenvalue weighted by molar-refractivity contribution is 5.77. The zero-order chi connectivity index (χ0) is 17.5. The number of carbonyl (C=O) groups excluding carboxylic acids is 1. The molecule has 4 heteroatoms. The Bertz CT molecular complexity index is 693. The molecule has 1 N–H and O–H groups in total. The first-order valence-corrected chi connectivity index (χ1v) is 8.82. The first-order chi connectivity index (χ1) is 12.2. The molecule has 4 nitrogen and oxygen atoms in total.